The average molecular weight is 346 g/mol. The van der Waals surface area contributed by atoms with Crippen molar-refractivity contribution in [2.75, 3.05) is 0 Å². The van der Waals surface area contributed by atoms with Gasteiger partial charge in [0.05, 0.1) is 11.2 Å². The zero-order valence-corrected chi connectivity index (χ0v) is 15.1. The van der Waals surface area contributed by atoms with Crippen molar-refractivity contribution in [3.8, 4) is 22.4 Å². The third kappa shape index (κ3) is 2.67. The van der Waals surface area contributed by atoms with Crippen LogP contribution in [0.5, 0.6) is 0 Å². The molecule has 0 spiro atoms. The molecule has 0 amide bonds. The Morgan fingerprint density at radius 3 is 2.22 bits per heavy atom. The minimum Gasteiger partial charge on any atom is -0.236 e. The lowest BCUT2D eigenvalue weighted by Crippen LogP contribution is -1.93. The van der Waals surface area contributed by atoms with E-state index in [1.807, 2.05) is 18.2 Å². The second-order valence-electron chi connectivity index (χ2n) is 6.81. The molecule has 0 aliphatic carbocycles. The smallest absolute Gasteiger partial charge is 0.116 e. The van der Waals surface area contributed by atoms with E-state index >= 15 is 0 Å². The molecule has 0 unspecified atom stereocenters. The van der Waals surface area contributed by atoms with Crippen LogP contribution < -0.4 is 0 Å². The summed E-state index contributed by atoms with van der Waals surface area (Å²) in [4.78, 5) is 9.17. The number of nitrogens with zero attached hydrogens (tertiary/aromatic N) is 2. The van der Waals surface area contributed by atoms with Crippen LogP contribution in [0, 0.1) is 6.92 Å². The number of aryl methyl sites for hydroxylation is 1. The summed E-state index contributed by atoms with van der Waals surface area (Å²) in [6.45, 7) is 2.11. The third-order valence-electron chi connectivity index (χ3n) is 5.07. The van der Waals surface area contributed by atoms with Crippen molar-refractivity contribution in [2.24, 2.45) is 0 Å². The summed E-state index contributed by atoms with van der Waals surface area (Å²) in [5.74, 6) is 0. The maximum absolute atomic E-state index is 4.72. The van der Waals surface area contributed by atoms with E-state index in [2.05, 4.69) is 78.6 Å². The highest BCUT2D eigenvalue weighted by Gasteiger charge is 2.15. The predicted octanol–water partition coefficient (Wildman–Crippen LogP) is 6.43. The summed E-state index contributed by atoms with van der Waals surface area (Å²) in [5.41, 5.74) is 6.75. The highest BCUT2D eigenvalue weighted by Crippen LogP contribution is 2.39. The molecule has 0 fully saturated rings. The predicted molar refractivity (Wildman–Crippen MR) is 113 cm³/mol. The first-order valence-corrected chi connectivity index (χ1v) is 9.10. The normalized spacial score (nSPS) is 11.1. The molecule has 1 heterocycles. The molecule has 27 heavy (non-hydrogen) atoms. The van der Waals surface area contributed by atoms with Crippen LogP contribution in [-0.2, 0) is 0 Å². The fourth-order valence-electron chi connectivity index (χ4n) is 3.70. The number of rotatable bonds is 2. The van der Waals surface area contributed by atoms with Crippen molar-refractivity contribution in [2.45, 2.75) is 6.92 Å². The molecule has 0 N–H and O–H groups in total. The number of aromatic nitrogens is 2. The van der Waals surface area contributed by atoms with Crippen molar-refractivity contribution in [3.05, 3.63) is 96.8 Å². The van der Waals surface area contributed by atoms with Crippen molar-refractivity contribution in [1.29, 1.82) is 0 Å². The van der Waals surface area contributed by atoms with Gasteiger partial charge in [0.15, 0.2) is 0 Å². The molecule has 1 aromatic heterocycles. The lowest BCUT2D eigenvalue weighted by Gasteiger charge is -2.15. The van der Waals surface area contributed by atoms with Crippen molar-refractivity contribution in [3.63, 3.8) is 0 Å². The number of hydrogen-bond acceptors (Lipinski definition) is 2. The molecule has 5 aromatic rings. The first-order chi connectivity index (χ1) is 13.3. The van der Waals surface area contributed by atoms with E-state index in [0.29, 0.717) is 0 Å². The highest BCUT2D eigenvalue weighted by molar-refractivity contribution is 6.08. The Hall–Kier alpha value is -3.52. The van der Waals surface area contributed by atoms with E-state index in [-0.39, 0.29) is 0 Å². The molecular weight excluding hydrogens is 328 g/mol. The van der Waals surface area contributed by atoms with Crippen LogP contribution in [0.4, 0.5) is 0 Å². The van der Waals surface area contributed by atoms with E-state index < -0.39 is 0 Å². The Kier molecular flexibility index (Phi) is 3.68. The second-order valence-corrected chi connectivity index (χ2v) is 6.81. The molecule has 128 valence electrons. The zero-order chi connectivity index (χ0) is 18.2. The first-order valence-electron chi connectivity index (χ1n) is 9.10. The fraction of sp³-hybridized carbons (Fsp3) is 0.0400. The Bertz CT molecular complexity index is 1270. The molecule has 4 aromatic carbocycles. The molecule has 0 aliphatic rings. The molecule has 0 saturated heterocycles. The minimum absolute atomic E-state index is 0.963. The van der Waals surface area contributed by atoms with Crippen LogP contribution in [0.3, 0.4) is 0 Å². The summed E-state index contributed by atoms with van der Waals surface area (Å²) in [7, 11) is 0. The molecule has 5 rings (SSSR count). The van der Waals surface area contributed by atoms with Gasteiger partial charge in [-0.3, -0.25) is 0 Å². The summed E-state index contributed by atoms with van der Waals surface area (Å²) < 4.78 is 0. The average Bonchev–Trinajstić information content (AvgIpc) is 2.73. The van der Waals surface area contributed by atoms with Gasteiger partial charge in [0.2, 0.25) is 0 Å². The number of para-hydroxylation sites is 1. The van der Waals surface area contributed by atoms with Crippen LogP contribution >= 0.6 is 0 Å². The Morgan fingerprint density at radius 2 is 1.37 bits per heavy atom. The Balaban J connectivity index is 1.91. The SMILES string of the molecule is Cc1ccc(-c2ccc3ccccc3c2-c2ncnc3ccccc23)cc1. The van der Waals surface area contributed by atoms with Gasteiger partial charge < -0.3 is 0 Å². The van der Waals surface area contributed by atoms with Gasteiger partial charge in [-0.05, 0) is 34.9 Å². The molecule has 0 aliphatic heterocycles. The number of hydrogen-bond donors (Lipinski definition) is 0. The van der Waals surface area contributed by atoms with Gasteiger partial charge in [0, 0.05) is 10.9 Å². The highest BCUT2D eigenvalue weighted by atomic mass is 14.8. The van der Waals surface area contributed by atoms with Crippen LogP contribution in [0.15, 0.2) is 91.3 Å². The van der Waals surface area contributed by atoms with Gasteiger partial charge in [-0.15, -0.1) is 0 Å². The topological polar surface area (TPSA) is 25.8 Å². The third-order valence-corrected chi connectivity index (χ3v) is 5.07. The molecule has 0 radical (unpaired) electrons. The molecular formula is C25H18N2. The van der Waals surface area contributed by atoms with E-state index in [9.17, 15) is 0 Å². The second kappa shape index (κ2) is 6.33. The van der Waals surface area contributed by atoms with Crippen LogP contribution in [0.1, 0.15) is 5.56 Å². The van der Waals surface area contributed by atoms with E-state index in [4.69, 9.17) is 4.98 Å². The quantitative estimate of drug-likeness (QED) is 0.368. The van der Waals surface area contributed by atoms with E-state index in [1.165, 1.54) is 27.5 Å². The zero-order valence-electron chi connectivity index (χ0n) is 15.1. The summed E-state index contributed by atoms with van der Waals surface area (Å²) in [5, 5.41) is 3.50. The van der Waals surface area contributed by atoms with Crippen molar-refractivity contribution < 1.29 is 0 Å². The van der Waals surface area contributed by atoms with Crippen molar-refractivity contribution in [1.82, 2.24) is 9.97 Å². The maximum Gasteiger partial charge on any atom is 0.116 e. The van der Waals surface area contributed by atoms with Gasteiger partial charge >= 0.3 is 0 Å². The molecule has 0 atom stereocenters. The fourth-order valence-corrected chi connectivity index (χ4v) is 3.70. The monoisotopic (exact) mass is 346 g/mol. The largest absolute Gasteiger partial charge is 0.236 e. The Morgan fingerprint density at radius 1 is 0.630 bits per heavy atom. The van der Waals surface area contributed by atoms with Crippen LogP contribution in [0.2, 0.25) is 0 Å². The molecule has 0 bridgehead atoms. The molecule has 2 nitrogen and oxygen atoms in total. The maximum atomic E-state index is 4.72. The van der Waals surface area contributed by atoms with Gasteiger partial charge in [-0.2, -0.15) is 0 Å². The standard InChI is InChI=1S/C25H18N2/c1-17-10-12-19(13-11-17)21-15-14-18-6-2-3-7-20(18)24(21)25-22-8-4-5-9-23(22)26-16-27-25/h2-16H,1H3. The van der Waals surface area contributed by atoms with Crippen LogP contribution in [0.25, 0.3) is 44.1 Å². The molecule has 0 saturated carbocycles. The lowest BCUT2D eigenvalue weighted by atomic mass is 9.90. The lowest BCUT2D eigenvalue weighted by molar-refractivity contribution is 1.23. The summed E-state index contributed by atoms with van der Waals surface area (Å²) in [6.07, 6.45) is 1.67. The van der Waals surface area contributed by atoms with Gasteiger partial charge in [-0.25, -0.2) is 9.97 Å². The summed E-state index contributed by atoms with van der Waals surface area (Å²) >= 11 is 0. The van der Waals surface area contributed by atoms with E-state index in [0.717, 1.165) is 22.2 Å². The summed E-state index contributed by atoms with van der Waals surface area (Å²) in [6, 6.07) is 29.8. The number of benzene rings is 4. The van der Waals surface area contributed by atoms with Crippen molar-refractivity contribution >= 4 is 21.7 Å². The van der Waals surface area contributed by atoms with Gasteiger partial charge in [-0.1, -0.05) is 84.4 Å². The van der Waals surface area contributed by atoms with E-state index in [1.54, 1.807) is 6.33 Å². The van der Waals surface area contributed by atoms with Crippen LogP contribution in [-0.4, -0.2) is 9.97 Å². The van der Waals surface area contributed by atoms with Gasteiger partial charge in [0.25, 0.3) is 0 Å². The minimum atomic E-state index is 0.963. The Labute approximate surface area is 158 Å². The van der Waals surface area contributed by atoms with Gasteiger partial charge in [0.1, 0.15) is 6.33 Å². The molecule has 2 heteroatoms. The number of fused-ring (bicyclic) bond motifs is 2. The first kappa shape index (κ1) is 15.7.